The first-order chi connectivity index (χ1) is 8.91. The topological polar surface area (TPSA) is 63.2 Å². The van der Waals surface area contributed by atoms with Crippen LogP contribution in [0.5, 0.6) is 0 Å². The maximum Gasteiger partial charge on any atom is 0.223 e. The predicted octanol–water partition coefficient (Wildman–Crippen LogP) is 2.07. The minimum atomic E-state index is -3.17. The lowest BCUT2D eigenvalue weighted by atomic mass is 10.0. The third-order valence-corrected chi connectivity index (χ3v) is 4.51. The molecule has 1 atom stereocenters. The Bertz CT molecular complexity index is 559. The van der Waals surface area contributed by atoms with Crippen molar-refractivity contribution in [2.75, 3.05) is 6.26 Å². The van der Waals surface area contributed by atoms with Gasteiger partial charge in [-0.25, -0.2) is 8.42 Å². The summed E-state index contributed by atoms with van der Waals surface area (Å²) in [4.78, 5) is 12.1. The van der Waals surface area contributed by atoms with Gasteiger partial charge in [0.1, 0.15) is 0 Å². The lowest BCUT2D eigenvalue weighted by Crippen LogP contribution is -2.29. The third-order valence-electron chi connectivity index (χ3n) is 3.38. The SMILES string of the molecule is CC[C@@H](NC(=O)C1CC1)c1ccc(S(C)(=O)=O)cc1. The van der Waals surface area contributed by atoms with Crippen molar-refractivity contribution in [2.24, 2.45) is 5.92 Å². The van der Waals surface area contributed by atoms with Crippen LogP contribution in [0.15, 0.2) is 29.2 Å². The molecule has 0 radical (unpaired) electrons. The zero-order valence-electron chi connectivity index (χ0n) is 11.2. The molecule has 1 aromatic carbocycles. The molecule has 1 aliphatic rings. The summed E-state index contributed by atoms with van der Waals surface area (Å²) in [5.74, 6) is 0.295. The van der Waals surface area contributed by atoms with E-state index >= 15 is 0 Å². The molecule has 19 heavy (non-hydrogen) atoms. The molecule has 0 heterocycles. The maximum atomic E-state index is 11.8. The van der Waals surface area contributed by atoms with E-state index in [-0.39, 0.29) is 17.9 Å². The number of benzene rings is 1. The molecule has 4 nitrogen and oxygen atoms in total. The van der Waals surface area contributed by atoms with Crippen molar-refractivity contribution in [3.8, 4) is 0 Å². The van der Waals surface area contributed by atoms with Crippen molar-refractivity contribution in [1.82, 2.24) is 5.32 Å². The summed E-state index contributed by atoms with van der Waals surface area (Å²) in [5, 5.41) is 3.01. The normalized spacial score (nSPS) is 16.9. The number of amides is 1. The summed E-state index contributed by atoms with van der Waals surface area (Å²) in [5.41, 5.74) is 0.948. The van der Waals surface area contributed by atoms with E-state index in [1.54, 1.807) is 24.3 Å². The number of carbonyl (C=O) groups excluding carboxylic acids is 1. The van der Waals surface area contributed by atoms with Gasteiger partial charge in [-0.15, -0.1) is 0 Å². The third kappa shape index (κ3) is 3.56. The van der Waals surface area contributed by atoms with Crippen molar-refractivity contribution in [3.05, 3.63) is 29.8 Å². The van der Waals surface area contributed by atoms with Crippen LogP contribution in [0.2, 0.25) is 0 Å². The van der Waals surface area contributed by atoms with E-state index in [9.17, 15) is 13.2 Å². The summed E-state index contributed by atoms with van der Waals surface area (Å²) < 4.78 is 22.8. The van der Waals surface area contributed by atoms with Gasteiger partial charge in [-0.05, 0) is 37.0 Å². The minimum absolute atomic E-state index is 0.0401. The highest BCUT2D eigenvalue weighted by molar-refractivity contribution is 7.90. The Labute approximate surface area is 114 Å². The summed E-state index contributed by atoms with van der Waals surface area (Å²) in [6.45, 7) is 2.00. The van der Waals surface area contributed by atoms with Crippen LogP contribution in [-0.4, -0.2) is 20.6 Å². The van der Waals surface area contributed by atoms with Crippen LogP contribution in [0.1, 0.15) is 37.8 Å². The van der Waals surface area contributed by atoms with Crippen LogP contribution in [-0.2, 0) is 14.6 Å². The van der Waals surface area contributed by atoms with Gasteiger partial charge in [-0.2, -0.15) is 0 Å². The van der Waals surface area contributed by atoms with Gasteiger partial charge in [0.2, 0.25) is 5.91 Å². The highest BCUT2D eigenvalue weighted by atomic mass is 32.2. The van der Waals surface area contributed by atoms with Gasteiger partial charge in [0.25, 0.3) is 0 Å². The number of carbonyl (C=O) groups is 1. The van der Waals surface area contributed by atoms with E-state index in [1.165, 1.54) is 6.26 Å². The number of hydrogen-bond donors (Lipinski definition) is 1. The molecule has 1 amide bonds. The van der Waals surface area contributed by atoms with Crippen LogP contribution in [0.4, 0.5) is 0 Å². The lowest BCUT2D eigenvalue weighted by Gasteiger charge is -2.17. The molecule has 1 aromatic rings. The lowest BCUT2D eigenvalue weighted by molar-refractivity contribution is -0.123. The van der Waals surface area contributed by atoms with Crippen LogP contribution in [0.3, 0.4) is 0 Å². The highest BCUT2D eigenvalue weighted by Gasteiger charge is 2.30. The zero-order valence-corrected chi connectivity index (χ0v) is 12.0. The van der Waals surface area contributed by atoms with Gasteiger partial charge in [0, 0.05) is 12.2 Å². The average Bonchev–Trinajstić information content (AvgIpc) is 3.19. The fourth-order valence-corrected chi connectivity index (χ4v) is 2.63. The summed E-state index contributed by atoms with van der Waals surface area (Å²) >= 11 is 0. The van der Waals surface area contributed by atoms with Crippen LogP contribution in [0, 0.1) is 5.92 Å². The molecule has 2 rings (SSSR count). The Hall–Kier alpha value is -1.36. The number of hydrogen-bond acceptors (Lipinski definition) is 3. The monoisotopic (exact) mass is 281 g/mol. The molecule has 0 aromatic heterocycles. The van der Waals surface area contributed by atoms with Gasteiger partial charge in [0.15, 0.2) is 9.84 Å². The van der Waals surface area contributed by atoms with Gasteiger partial charge >= 0.3 is 0 Å². The Morgan fingerprint density at radius 1 is 1.32 bits per heavy atom. The Kier molecular flexibility index (Phi) is 3.94. The van der Waals surface area contributed by atoms with Crippen molar-refractivity contribution < 1.29 is 13.2 Å². The quantitative estimate of drug-likeness (QED) is 0.898. The fourth-order valence-electron chi connectivity index (χ4n) is 2.00. The first-order valence-electron chi connectivity index (χ1n) is 6.52. The fraction of sp³-hybridized carbons (Fsp3) is 0.500. The molecular weight excluding hydrogens is 262 g/mol. The van der Waals surface area contributed by atoms with Crippen molar-refractivity contribution in [2.45, 2.75) is 37.1 Å². The smallest absolute Gasteiger partial charge is 0.223 e. The van der Waals surface area contributed by atoms with E-state index in [1.807, 2.05) is 6.92 Å². The van der Waals surface area contributed by atoms with Crippen LogP contribution < -0.4 is 5.32 Å². The molecule has 1 aliphatic carbocycles. The maximum absolute atomic E-state index is 11.8. The summed E-state index contributed by atoms with van der Waals surface area (Å²) in [6, 6.07) is 6.70. The molecule has 0 spiro atoms. The van der Waals surface area contributed by atoms with E-state index < -0.39 is 9.84 Å². The van der Waals surface area contributed by atoms with Gasteiger partial charge < -0.3 is 5.32 Å². The highest BCUT2D eigenvalue weighted by Crippen LogP contribution is 2.30. The van der Waals surface area contributed by atoms with Crippen LogP contribution in [0.25, 0.3) is 0 Å². The van der Waals surface area contributed by atoms with Crippen molar-refractivity contribution in [3.63, 3.8) is 0 Å². The van der Waals surface area contributed by atoms with E-state index in [4.69, 9.17) is 0 Å². The largest absolute Gasteiger partial charge is 0.349 e. The Morgan fingerprint density at radius 2 is 1.89 bits per heavy atom. The molecule has 0 unspecified atom stereocenters. The number of nitrogens with one attached hydrogen (secondary N) is 1. The zero-order chi connectivity index (χ0) is 14.0. The van der Waals surface area contributed by atoms with Crippen molar-refractivity contribution in [1.29, 1.82) is 0 Å². The second-order valence-electron chi connectivity index (χ2n) is 5.08. The molecule has 0 saturated heterocycles. The predicted molar refractivity (Wildman–Crippen MR) is 73.5 cm³/mol. The van der Waals surface area contributed by atoms with Crippen molar-refractivity contribution >= 4 is 15.7 Å². The van der Waals surface area contributed by atoms with Gasteiger partial charge in [-0.1, -0.05) is 19.1 Å². The van der Waals surface area contributed by atoms with E-state index in [2.05, 4.69) is 5.32 Å². The molecule has 5 heteroatoms. The molecule has 0 bridgehead atoms. The second-order valence-corrected chi connectivity index (χ2v) is 7.10. The number of rotatable bonds is 5. The summed E-state index contributed by atoms with van der Waals surface area (Å²) in [7, 11) is -3.17. The first-order valence-corrected chi connectivity index (χ1v) is 8.41. The van der Waals surface area contributed by atoms with Gasteiger partial charge in [-0.3, -0.25) is 4.79 Å². The van der Waals surface area contributed by atoms with Crippen LogP contribution >= 0.6 is 0 Å². The standard InChI is InChI=1S/C14H19NO3S/c1-3-13(15-14(16)11-4-5-11)10-6-8-12(9-7-10)19(2,17)18/h6-9,11,13H,3-5H2,1-2H3,(H,15,16)/t13-/m1/s1. The molecular formula is C14H19NO3S. The number of sulfone groups is 1. The Balaban J connectivity index is 2.12. The van der Waals surface area contributed by atoms with E-state index in [0.717, 1.165) is 24.8 Å². The average molecular weight is 281 g/mol. The molecule has 1 saturated carbocycles. The Morgan fingerprint density at radius 3 is 2.32 bits per heavy atom. The first kappa shape index (κ1) is 14.1. The molecule has 1 N–H and O–H groups in total. The minimum Gasteiger partial charge on any atom is -0.349 e. The molecule has 1 fully saturated rings. The molecule has 0 aliphatic heterocycles. The van der Waals surface area contributed by atoms with Gasteiger partial charge in [0.05, 0.1) is 10.9 Å². The summed E-state index contributed by atoms with van der Waals surface area (Å²) in [6.07, 6.45) is 3.94. The van der Waals surface area contributed by atoms with E-state index in [0.29, 0.717) is 4.90 Å². The second kappa shape index (κ2) is 5.33. The molecule has 104 valence electrons.